The Labute approximate surface area is 164 Å². The van der Waals surface area contributed by atoms with E-state index in [1.807, 2.05) is 0 Å². The first kappa shape index (κ1) is 18.7. The lowest BCUT2D eigenvalue weighted by molar-refractivity contribution is -0.112. The number of nitriles is 1. The van der Waals surface area contributed by atoms with E-state index in [4.69, 9.17) is 27.6 Å². The van der Waals surface area contributed by atoms with Crippen LogP contribution in [0.25, 0.3) is 17.4 Å². The summed E-state index contributed by atoms with van der Waals surface area (Å²) < 4.78 is 19.3. The smallest absolute Gasteiger partial charge is 0.266 e. The fraction of sp³-hybridized carbons (Fsp3) is 0. The zero-order valence-electron chi connectivity index (χ0n) is 13.7. The SMILES string of the molecule is N#C/C(=C\c1ccc(-c2cc(Cl)ccc2Cl)o1)C(=O)Nc1ccccc1F. The van der Waals surface area contributed by atoms with Gasteiger partial charge in [-0.05, 0) is 42.5 Å². The number of carbonyl (C=O) groups excluding carboxylic acids is 1. The lowest BCUT2D eigenvalue weighted by atomic mass is 10.2. The highest BCUT2D eigenvalue weighted by Gasteiger charge is 2.14. The lowest BCUT2D eigenvalue weighted by Crippen LogP contribution is -2.14. The molecule has 3 rings (SSSR count). The van der Waals surface area contributed by atoms with Gasteiger partial charge in [0.15, 0.2) is 0 Å². The van der Waals surface area contributed by atoms with Gasteiger partial charge in [0.2, 0.25) is 0 Å². The minimum Gasteiger partial charge on any atom is -0.457 e. The fourth-order valence-electron chi connectivity index (χ4n) is 2.30. The van der Waals surface area contributed by atoms with Crippen LogP contribution in [-0.4, -0.2) is 5.91 Å². The van der Waals surface area contributed by atoms with Crippen LogP contribution in [0.3, 0.4) is 0 Å². The topological polar surface area (TPSA) is 66.0 Å². The summed E-state index contributed by atoms with van der Waals surface area (Å²) in [6, 6.07) is 15.6. The summed E-state index contributed by atoms with van der Waals surface area (Å²) >= 11 is 12.1. The largest absolute Gasteiger partial charge is 0.457 e. The van der Waals surface area contributed by atoms with Gasteiger partial charge in [-0.25, -0.2) is 4.39 Å². The van der Waals surface area contributed by atoms with Crippen molar-refractivity contribution in [1.82, 2.24) is 0 Å². The number of rotatable bonds is 4. The van der Waals surface area contributed by atoms with E-state index in [9.17, 15) is 14.4 Å². The molecule has 3 aromatic rings. The van der Waals surface area contributed by atoms with Crippen LogP contribution in [0.5, 0.6) is 0 Å². The second-order valence-corrected chi connectivity index (χ2v) is 6.27. The molecule has 4 nitrogen and oxygen atoms in total. The molecule has 0 saturated heterocycles. The molecule has 0 saturated carbocycles. The summed E-state index contributed by atoms with van der Waals surface area (Å²) in [4.78, 5) is 12.2. The third kappa shape index (κ3) is 4.37. The molecule has 0 atom stereocenters. The average Bonchev–Trinajstić information content (AvgIpc) is 3.12. The summed E-state index contributed by atoms with van der Waals surface area (Å²) in [7, 11) is 0. The Morgan fingerprint density at radius 1 is 1.15 bits per heavy atom. The Hall–Kier alpha value is -3.07. The van der Waals surface area contributed by atoms with E-state index in [1.54, 1.807) is 42.5 Å². The van der Waals surface area contributed by atoms with E-state index in [0.29, 0.717) is 21.4 Å². The minimum absolute atomic E-state index is 0.0190. The van der Waals surface area contributed by atoms with Crippen molar-refractivity contribution < 1.29 is 13.6 Å². The number of carbonyl (C=O) groups is 1. The van der Waals surface area contributed by atoms with Gasteiger partial charge < -0.3 is 9.73 Å². The number of hydrogen-bond acceptors (Lipinski definition) is 3. The lowest BCUT2D eigenvalue weighted by Gasteiger charge is -2.04. The second-order valence-electron chi connectivity index (χ2n) is 5.43. The van der Waals surface area contributed by atoms with E-state index < -0.39 is 11.7 Å². The van der Waals surface area contributed by atoms with E-state index in [-0.39, 0.29) is 17.0 Å². The highest BCUT2D eigenvalue weighted by molar-refractivity contribution is 6.35. The molecular weight excluding hydrogens is 390 g/mol. The molecule has 134 valence electrons. The third-order valence-electron chi connectivity index (χ3n) is 3.59. The van der Waals surface area contributed by atoms with Crippen LogP contribution in [-0.2, 0) is 4.79 Å². The van der Waals surface area contributed by atoms with Gasteiger partial charge in [0, 0.05) is 16.7 Å². The molecule has 0 aliphatic carbocycles. The van der Waals surface area contributed by atoms with Gasteiger partial charge in [-0.1, -0.05) is 35.3 Å². The summed E-state index contributed by atoms with van der Waals surface area (Å²) in [6.45, 7) is 0. The molecule has 0 spiro atoms. The zero-order valence-corrected chi connectivity index (χ0v) is 15.2. The summed E-state index contributed by atoms with van der Waals surface area (Å²) in [6.07, 6.45) is 1.26. The number of hydrogen-bond donors (Lipinski definition) is 1. The van der Waals surface area contributed by atoms with Crippen molar-refractivity contribution in [2.75, 3.05) is 5.32 Å². The molecule has 0 aliphatic heterocycles. The Kier molecular flexibility index (Phi) is 5.60. The maximum atomic E-state index is 13.6. The Balaban J connectivity index is 1.85. The maximum absolute atomic E-state index is 13.6. The number of para-hydroxylation sites is 1. The normalized spacial score (nSPS) is 11.1. The number of benzene rings is 2. The van der Waals surface area contributed by atoms with Crippen molar-refractivity contribution in [1.29, 1.82) is 5.26 Å². The molecule has 1 N–H and O–H groups in total. The predicted octanol–water partition coefficient (Wildman–Crippen LogP) is 5.94. The number of furan rings is 1. The molecular formula is C20H11Cl2FN2O2. The van der Waals surface area contributed by atoms with Gasteiger partial charge in [-0.15, -0.1) is 0 Å². The van der Waals surface area contributed by atoms with Gasteiger partial charge in [-0.2, -0.15) is 5.26 Å². The van der Waals surface area contributed by atoms with Crippen LogP contribution in [0, 0.1) is 17.1 Å². The highest BCUT2D eigenvalue weighted by atomic mass is 35.5. The van der Waals surface area contributed by atoms with Crippen LogP contribution in [0.1, 0.15) is 5.76 Å². The molecule has 1 aromatic heterocycles. The van der Waals surface area contributed by atoms with Crippen molar-refractivity contribution >= 4 is 40.9 Å². The molecule has 7 heteroatoms. The molecule has 1 heterocycles. The molecule has 27 heavy (non-hydrogen) atoms. The number of nitrogens with zero attached hydrogens (tertiary/aromatic N) is 1. The number of halogens is 3. The minimum atomic E-state index is -0.749. The van der Waals surface area contributed by atoms with E-state index in [1.165, 1.54) is 24.3 Å². The van der Waals surface area contributed by atoms with Crippen molar-refractivity contribution in [2.24, 2.45) is 0 Å². The molecule has 0 bridgehead atoms. The second kappa shape index (κ2) is 8.09. The van der Waals surface area contributed by atoms with E-state index in [0.717, 1.165) is 0 Å². The number of anilines is 1. The fourth-order valence-corrected chi connectivity index (χ4v) is 2.69. The summed E-state index contributed by atoms with van der Waals surface area (Å²) in [5.41, 5.74) is 0.323. The molecule has 0 radical (unpaired) electrons. The third-order valence-corrected chi connectivity index (χ3v) is 4.16. The van der Waals surface area contributed by atoms with Crippen molar-refractivity contribution in [2.45, 2.75) is 0 Å². The molecule has 0 fully saturated rings. The van der Waals surface area contributed by atoms with Crippen LogP contribution < -0.4 is 5.32 Å². The Bertz CT molecular complexity index is 1080. The van der Waals surface area contributed by atoms with Gasteiger partial charge in [-0.3, -0.25) is 4.79 Å². The van der Waals surface area contributed by atoms with Crippen molar-refractivity contribution in [3.05, 3.63) is 81.8 Å². The van der Waals surface area contributed by atoms with Gasteiger partial charge in [0.05, 0.1) is 10.7 Å². The maximum Gasteiger partial charge on any atom is 0.266 e. The van der Waals surface area contributed by atoms with E-state index in [2.05, 4.69) is 5.32 Å². The first-order valence-electron chi connectivity index (χ1n) is 7.71. The van der Waals surface area contributed by atoms with Gasteiger partial charge in [0.25, 0.3) is 5.91 Å². The standard InChI is InChI=1S/C20H11Cl2FN2O2/c21-13-5-7-16(22)15(10-13)19-8-6-14(27-19)9-12(11-24)20(26)25-18-4-2-1-3-17(18)23/h1-10H,(H,25,26)/b12-9+. The van der Waals surface area contributed by atoms with Gasteiger partial charge >= 0.3 is 0 Å². The zero-order chi connectivity index (χ0) is 19.4. The van der Waals surface area contributed by atoms with Crippen molar-refractivity contribution in [3.63, 3.8) is 0 Å². The molecule has 0 unspecified atom stereocenters. The quantitative estimate of drug-likeness (QED) is 0.435. The van der Waals surface area contributed by atoms with Gasteiger partial charge in [0.1, 0.15) is 29.0 Å². The van der Waals surface area contributed by atoms with E-state index >= 15 is 0 Å². The average molecular weight is 401 g/mol. The molecule has 0 aliphatic rings. The van der Waals surface area contributed by atoms with Crippen LogP contribution in [0.15, 0.2) is 64.6 Å². The summed E-state index contributed by atoms with van der Waals surface area (Å²) in [5.74, 6) is -0.651. The van der Waals surface area contributed by atoms with Crippen LogP contribution in [0.4, 0.5) is 10.1 Å². The highest BCUT2D eigenvalue weighted by Crippen LogP contribution is 2.32. The molecule has 1 amide bonds. The number of nitrogens with one attached hydrogen (secondary N) is 1. The first-order valence-corrected chi connectivity index (χ1v) is 8.46. The first-order chi connectivity index (χ1) is 13.0. The Morgan fingerprint density at radius 3 is 2.67 bits per heavy atom. The van der Waals surface area contributed by atoms with Crippen LogP contribution in [0.2, 0.25) is 10.0 Å². The predicted molar refractivity (Wildman–Crippen MR) is 103 cm³/mol. The monoisotopic (exact) mass is 400 g/mol. The summed E-state index contributed by atoms with van der Waals surface area (Å²) in [5, 5.41) is 12.5. The molecule has 2 aromatic carbocycles. The van der Waals surface area contributed by atoms with Crippen LogP contribution >= 0.6 is 23.2 Å². The Morgan fingerprint density at radius 2 is 1.93 bits per heavy atom. The number of amides is 1. The van der Waals surface area contributed by atoms with Crippen molar-refractivity contribution in [3.8, 4) is 17.4 Å².